The highest BCUT2D eigenvalue weighted by Gasteiger charge is 2.26. The summed E-state index contributed by atoms with van der Waals surface area (Å²) in [7, 11) is 0. The van der Waals surface area contributed by atoms with Gasteiger partial charge in [0.1, 0.15) is 5.15 Å². The van der Waals surface area contributed by atoms with E-state index in [9.17, 15) is 4.79 Å². The molecule has 5 rings (SSSR count). The number of carbonyl (C=O) groups is 1. The SMILES string of the molecule is Cc1ccc2c(c1)c(C(=O)c1ncc(-c3ccccc3)o1)c(Cl)n2Cc1ccc(Cl)cc1Cl. The van der Waals surface area contributed by atoms with Crippen LogP contribution in [0.5, 0.6) is 0 Å². The number of hydrogen-bond acceptors (Lipinski definition) is 3. The number of nitrogens with zero attached hydrogens (tertiary/aromatic N) is 2. The number of rotatable bonds is 5. The highest BCUT2D eigenvalue weighted by molar-refractivity contribution is 6.37. The van der Waals surface area contributed by atoms with E-state index >= 15 is 0 Å². The summed E-state index contributed by atoms with van der Waals surface area (Å²) >= 11 is 19.3. The fraction of sp³-hybridized carbons (Fsp3) is 0.0769. The summed E-state index contributed by atoms with van der Waals surface area (Å²) in [5, 5.41) is 2.11. The molecule has 33 heavy (non-hydrogen) atoms. The molecule has 0 atom stereocenters. The second-order valence-corrected chi connectivity index (χ2v) is 8.93. The molecule has 4 nitrogen and oxygen atoms in total. The van der Waals surface area contributed by atoms with Crippen molar-refractivity contribution < 1.29 is 9.21 Å². The second kappa shape index (κ2) is 8.71. The van der Waals surface area contributed by atoms with Gasteiger partial charge in [-0.05, 0) is 36.8 Å². The first-order valence-electron chi connectivity index (χ1n) is 10.2. The molecular formula is C26H17Cl3N2O2. The molecule has 0 saturated carbocycles. The van der Waals surface area contributed by atoms with Crippen LogP contribution >= 0.6 is 34.8 Å². The molecule has 2 aromatic heterocycles. The van der Waals surface area contributed by atoms with Gasteiger partial charge in [-0.1, -0.05) is 82.8 Å². The van der Waals surface area contributed by atoms with Gasteiger partial charge in [0.2, 0.25) is 0 Å². The lowest BCUT2D eigenvalue weighted by molar-refractivity contribution is 0.100. The highest BCUT2D eigenvalue weighted by Crippen LogP contribution is 2.35. The quantitative estimate of drug-likeness (QED) is 0.233. The van der Waals surface area contributed by atoms with Crippen molar-refractivity contribution in [2.45, 2.75) is 13.5 Å². The average Bonchev–Trinajstić information content (AvgIpc) is 3.39. The van der Waals surface area contributed by atoms with Gasteiger partial charge in [-0.3, -0.25) is 4.79 Å². The van der Waals surface area contributed by atoms with E-state index in [1.54, 1.807) is 18.3 Å². The predicted octanol–water partition coefficient (Wildman–Crippen LogP) is 7.84. The van der Waals surface area contributed by atoms with Crippen LogP contribution in [0.25, 0.3) is 22.2 Å². The first kappa shape index (κ1) is 21.8. The number of aromatic nitrogens is 2. The Labute approximate surface area is 205 Å². The minimum Gasteiger partial charge on any atom is -0.433 e. The number of ketones is 1. The van der Waals surface area contributed by atoms with Gasteiger partial charge >= 0.3 is 0 Å². The van der Waals surface area contributed by atoms with Crippen molar-refractivity contribution in [3.63, 3.8) is 0 Å². The van der Waals surface area contributed by atoms with E-state index in [-0.39, 0.29) is 11.7 Å². The summed E-state index contributed by atoms with van der Waals surface area (Å²) < 4.78 is 7.68. The Kier molecular flexibility index (Phi) is 5.75. The third-order valence-corrected chi connectivity index (χ3v) is 6.46. The first-order chi connectivity index (χ1) is 15.9. The molecule has 0 bridgehead atoms. The number of oxazole rings is 1. The Morgan fingerprint density at radius 1 is 1.00 bits per heavy atom. The fourth-order valence-electron chi connectivity index (χ4n) is 3.85. The van der Waals surface area contributed by atoms with Crippen molar-refractivity contribution in [1.29, 1.82) is 0 Å². The molecule has 2 heterocycles. The van der Waals surface area contributed by atoms with E-state index in [1.165, 1.54) is 0 Å². The van der Waals surface area contributed by atoms with Crippen molar-refractivity contribution in [2.24, 2.45) is 0 Å². The Morgan fingerprint density at radius 3 is 2.55 bits per heavy atom. The van der Waals surface area contributed by atoms with Crippen LogP contribution in [0.1, 0.15) is 27.4 Å². The van der Waals surface area contributed by atoms with E-state index in [2.05, 4.69) is 4.98 Å². The Bertz CT molecular complexity index is 1500. The molecule has 5 aromatic rings. The van der Waals surface area contributed by atoms with Crippen LogP contribution in [0.3, 0.4) is 0 Å². The van der Waals surface area contributed by atoms with Gasteiger partial charge in [0.15, 0.2) is 5.76 Å². The fourth-order valence-corrected chi connectivity index (χ4v) is 4.66. The van der Waals surface area contributed by atoms with E-state index in [1.807, 2.05) is 66.1 Å². The number of halogens is 3. The molecule has 0 amide bonds. The van der Waals surface area contributed by atoms with Crippen molar-refractivity contribution >= 4 is 51.5 Å². The Balaban J connectivity index is 1.61. The first-order valence-corrected chi connectivity index (χ1v) is 11.3. The Morgan fingerprint density at radius 2 is 1.79 bits per heavy atom. The third kappa shape index (κ3) is 4.06. The van der Waals surface area contributed by atoms with Crippen LogP contribution < -0.4 is 0 Å². The monoisotopic (exact) mass is 494 g/mol. The maximum absolute atomic E-state index is 13.5. The van der Waals surface area contributed by atoms with Crippen molar-refractivity contribution in [1.82, 2.24) is 9.55 Å². The summed E-state index contributed by atoms with van der Waals surface area (Å²) in [6.07, 6.45) is 1.55. The molecule has 0 unspecified atom stereocenters. The molecule has 0 N–H and O–H groups in total. The molecule has 7 heteroatoms. The minimum absolute atomic E-state index is 0.0131. The summed E-state index contributed by atoms with van der Waals surface area (Å²) in [4.78, 5) is 17.8. The lowest BCUT2D eigenvalue weighted by atomic mass is 10.1. The van der Waals surface area contributed by atoms with E-state index in [0.717, 1.165) is 27.6 Å². The van der Waals surface area contributed by atoms with Crippen LogP contribution in [-0.2, 0) is 6.54 Å². The van der Waals surface area contributed by atoms with Gasteiger partial charge in [-0.15, -0.1) is 0 Å². The number of carbonyl (C=O) groups excluding carboxylic acids is 1. The summed E-state index contributed by atoms with van der Waals surface area (Å²) in [5.74, 6) is 0.127. The van der Waals surface area contributed by atoms with Crippen LogP contribution in [-0.4, -0.2) is 15.3 Å². The maximum Gasteiger partial charge on any atom is 0.268 e. The van der Waals surface area contributed by atoms with Crippen LogP contribution in [0.2, 0.25) is 15.2 Å². The molecule has 0 radical (unpaired) electrons. The van der Waals surface area contributed by atoms with Gasteiger partial charge in [-0.2, -0.15) is 0 Å². The summed E-state index contributed by atoms with van der Waals surface area (Å²) in [6, 6.07) is 20.7. The lowest BCUT2D eigenvalue weighted by Gasteiger charge is -2.10. The molecule has 0 saturated heterocycles. The van der Waals surface area contributed by atoms with E-state index < -0.39 is 0 Å². The van der Waals surface area contributed by atoms with Crippen molar-refractivity contribution in [3.8, 4) is 11.3 Å². The minimum atomic E-state index is -0.376. The Hall–Kier alpha value is -3.05. The third-order valence-electron chi connectivity index (χ3n) is 5.48. The summed E-state index contributed by atoms with van der Waals surface area (Å²) in [5.41, 5.74) is 3.84. The predicted molar refractivity (Wildman–Crippen MR) is 133 cm³/mol. The topological polar surface area (TPSA) is 48.0 Å². The van der Waals surface area contributed by atoms with Crippen LogP contribution in [0.15, 0.2) is 77.3 Å². The van der Waals surface area contributed by atoms with Gasteiger partial charge in [0.05, 0.1) is 23.8 Å². The molecule has 0 aliphatic rings. The standard InChI is InChI=1S/C26H17Cl3N2O2/c1-15-7-10-21-19(11-15)23(25(29)31(21)14-17-8-9-18(27)12-20(17)28)24(32)26-30-13-22(33-26)16-5-3-2-4-6-16/h2-13H,14H2,1H3. The molecule has 0 aliphatic heterocycles. The van der Waals surface area contributed by atoms with E-state index in [0.29, 0.717) is 33.1 Å². The molecule has 0 aliphatic carbocycles. The van der Waals surface area contributed by atoms with Gasteiger partial charge < -0.3 is 8.98 Å². The molecule has 164 valence electrons. The molecular weight excluding hydrogens is 479 g/mol. The number of aryl methyl sites for hydroxylation is 1. The number of benzene rings is 3. The average molecular weight is 496 g/mol. The second-order valence-electron chi connectivity index (χ2n) is 7.73. The zero-order chi connectivity index (χ0) is 23.1. The van der Waals surface area contributed by atoms with Crippen molar-refractivity contribution in [2.75, 3.05) is 0 Å². The molecule has 0 fully saturated rings. The van der Waals surface area contributed by atoms with Gasteiger partial charge in [0, 0.05) is 21.0 Å². The number of hydrogen-bond donors (Lipinski definition) is 0. The van der Waals surface area contributed by atoms with Crippen LogP contribution in [0.4, 0.5) is 0 Å². The smallest absolute Gasteiger partial charge is 0.268 e. The highest BCUT2D eigenvalue weighted by atomic mass is 35.5. The van der Waals surface area contributed by atoms with E-state index in [4.69, 9.17) is 39.2 Å². The molecule has 0 spiro atoms. The van der Waals surface area contributed by atoms with Gasteiger partial charge in [-0.25, -0.2) is 4.98 Å². The zero-order valence-corrected chi connectivity index (χ0v) is 19.7. The normalized spacial score (nSPS) is 11.3. The van der Waals surface area contributed by atoms with Crippen LogP contribution in [0, 0.1) is 6.92 Å². The lowest BCUT2D eigenvalue weighted by Crippen LogP contribution is -2.04. The number of fused-ring (bicyclic) bond motifs is 1. The zero-order valence-electron chi connectivity index (χ0n) is 17.5. The summed E-state index contributed by atoms with van der Waals surface area (Å²) in [6.45, 7) is 2.34. The largest absolute Gasteiger partial charge is 0.433 e. The van der Waals surface area contributed by atoms with Gasteiger partial charge in [0.25, 0.3) is 11.7 Å². The van der Waals surface area contributed by atoms with Crippen molar-refractivity contribution in [3.05, 3.63) is 111 Å². The maximum atomic E-state index is 13.5. The molecule has 3 aromatic carbocycles.